The fourth-order valence-electron chi connectivity index (χ4n) is 2.12. The van der Waals surface area contributed by atoms with Crippen molar-refractivity contribution in [3.63, 3.8) is 0 Å². The SMILES string of the molecule is CCOc1ccc(/C=C(\C#N)C(=O)O[C@@H](C)C(=O)Nc2cccnc2Cl)cc1. The van der Waals surface area contributed by atoms with E-state index in [1.807, 2.05) is 6.92 Å². The third-order valence-electron chi connectivity index (χ3n) is 3.51. The molecule has 1 N–H and O–H groups in total. The molecule has 1 heterocycles. The van der Waals surface area contributed by atoms with Gasteiger partial charge in [0.1, 0.15) is 17.4 Å². The summed E-state index contributed by atoms with van der Waals surface area (Å²) in [4.78, 5) is 28.2. The number of amides is 1. The van der Waals surface area contributed by atoms with Crippen molar-refractivity contribution in [3.8, 4) is 11.8 Å². The van der Waals surface area contributed by atoms with Gasteiger partial charge in [0.2, 0.25) is 0 Å². The molecule has 0 fully saturated rings. The lowest BCUT2D eigenvalue weighted by atomic mass is 10.1. The van der Waals surface area contributed by atoms with Crippen LogP contribution >= 0.6 is 11.6 Å². The lowest BCUT2D eigenvalue weighted by Crippen LogP contribution is -2.30. The monoisotopic (exact) mass is 399 g/mol. The number of carbonyl (C=O) groups is 2. The van der Waals surface area contributed by atoms with Gasteiger partial charge in [0, 0.05) is 6.20 Å². The number of nitriles is 1. The van der Waals surface area contributed by atoms with Crippen molar-refractivity contribution in [2.75, 3.05) is 11.9 Å². The predicted octanol–water partition coefficient (Wildman–Crippen LogP) is 3.61. The molecule has 1 atom stereocenters. The summed E-state index contributed by atoms with van der Waals surface area (Å²) in [5.41, 5.74) is 0.682. The second-order valence-electron chi connectivity index (χ2n) is 5.55. The van der Waals surface area contributed by atoms with Crippen LogP contribution in [0.25, 0.3) is 6.08 Å². The Labute approximate surface area is 167 Å². The number of anilines is 1. The molecule has 2 aromatic rings. The molecular formula is C20H18ClN3O4. The van der Waals surface area contributed by atoms with Crippen LogP contribution in [0.15, 0.2) is 48.2 Å². The van der Waals surface area contributed by atoms with Crippen LogP contribution in [0, 0.1) is 11.3 Å². The third-order valence-corrected chi connectivity index (χ3v) is 3.81. The minimum absolute atomic E-state index is 0.113. The zero-order valence-electron chi connectivity index (χ0n) is 15.3. The molecule has 0 unspecified atom stereocenters. The van der Waals surface area contributed by atoms with Crippen LogP contribution in [0.4, 0.5) is 5.69 Å². The molecule has 1 aromatic heterocycles. The van der Waals surface area contributed by atoms with Gasteiger partial charge in [-0.25, -0.2) is 9.78 Å². The number of ether oxygens (including phenoxy) is 2. The van der Waals surface area contributed by atoms with Crippen molar-refractivity contribution >= 4 is 35.2 Å². The predicted molar refractivity (Wildman–Crippen MR) is 105 cm³/mol. The largest absolute Gasteiger partial charge is 0.494 e. The first-order valence-electron chi connectivity index (χ1n) is 8.41. The minimum atomic E-state index is -1.14. The van der Waals surface area contributed by atoms with Crippen LogP contribution in [0.3, 0.4) is 0 Å². The first kappa shape index (κ1) is 20.9. The first-order chi connectivity index (χ1) is 13.4. The quantitative estimate of drug-likeness (QED) is 0.330. The Morgan fingerprint density at radius 2 is 2.04 bits per heavy atom. The number of aromatic nitrogens is 1. The van der Waals surface area contributed by atoms with Gasteiger partial charge in [-0.15, -0.1) is 0 Å². The van der Waals surface area contributed by atoms with Gasteiger partial charge in [0.05, 0.1) is 12.3 Å². The van der Waals surface area contributed by atoms with Crippen molar-refractivity contribution in [2.24, 2.45) is 0 Å². The number of pyridine rings is 1. The molecule has 0 spiro atoms. The number of carbonyl (C=O) groups excluding carboxylic acids is 2. The Bertz CT molecular complexity index is 920. The summed E-state index contributed by atoms with van der Waals surface area (Å²) in [6, 6.07) is 11.8. The van der Waals surface area contributed by atoms with Gasteiger partial charge in [0.25, 0.3) is 5.91 Å². The molecule has 0 bridgehead atoms. The third kappa shape index (κ3) is 5.83. The zero-order valence-corrected chi connectivity index (χ0v) is 16.1. The van der Waals surface area contributed by atoms with Gasteiger partial charge >= 0.3 is 5.97 Å². The molecule has 1 aromatic carbocycles. The van der Waals surface area contributed by atoms with E-state index in [0.717, 1.165) is 0 Å². The molecule has 2 rings (SSSR count). The normalized spacial score (nSPS) is 11.9. The standard InChI is InChI=1S/C20H18ClN3O4/c1-3-27-16-8-6-14(7-9-16)11-15(12-22)20(26)28-13(2)19(25)24-17-5-4-10-23-18(17)21/h4-11,13H,3H2,1-2H3,(H,24,25)/b15-11+/t13-/m0/s1. The van der Waals surface area contributed by atoms with E-state index in [9.17, 15) is 14.9 Å². The van der Waals surface area contributed by atoms with Gasteiger partial charge in [-0.3, -0.25) is 4.79 Å². The summed E-state index contributed by atoms with van der Waals surface area (Å²) in [6.45, 7) is 3.80. The molecule has 144 valence electrons. The summed E-state index contributed by atoms with van der Waals surface area (Å²) < 4.78 is 10.4. The first-order valence-corrected chi connectivity index (χ1v) is 8.79. The number of esters is 1. The molecule has 8 heteroatoms. The van der Waals surface area contributed by atoms with E-state index in [4.69, 9.17) is 21.1 Å². The van der Waals surface area contributed by atoms with Gasteiger partial charge in [0.15, 0.2) is 11.3 Å². The van der Waals surface area contributed by atoms with Crippen LogP contribution in [-0.2, 0) is 14.3 Å². The summed E-state index contributed by atoms with van der Waals surface area (Å²) in [7, 11) is 0. The van der Waals surface area contributed by atoms with Crippen LogP contribution in [0.1, 0.15) is 19.4 Å². The second kappa shape index (κ2) is 10.1. The van der Waals surface area contributed by atoms with Crippen molar-refractivity contribution in [3.05, 3.63) is 58.9 Å². The molecule has 7 nitrogen and oxygen atoms in total. The highest BCUT2D eigenvalue weighted by Gasteiger charge is 2.21. The topological polar surface area (TPSA) is 101 Å². The van der Waals surface area contributed by atoms with E-state index in [-0.39, 0.29) is 10.7 Å². The van der Waals surface area contributed by atoms with Crippen molar-refractivity contribution in [1.29, 1.82) is 5.26 Å². The molecule has 28 heavy (non-hydrogen) atoms. The van der Waals surface area contributed by atoms with Crippen LogP contribution < -0.4 is 10.1 Å². The fourth-order valence-corrected chi connectivity index (χ4v) is 2.29. The van der Waals surface area contributed by atoms with E-state index in [2.05, 4.69) is 10.3 Å². The maximum Gasteiger partial charge on any atom is 0.349 e. The minimum Gasteiger partial charge on any atom is -0.494 e. The number of nitrogens with one attached hydrogen (secondary N) is 1. The summed E-state index contributed by atoms with van der Waals surface area (Å²) in [5.74, 6) is -0.821. The summed E-state index contributed by atoms with van der Waals surface area (Å²) in [5, 5.41) is 11.9. The Kier molecular flexibility index (Phi) is 7.55. The lowest BCUT2D eigenvalue weighted by molar-refractivity contribution is -0.148. The van der Waals surface area contributed by atoms with Crippen LogP contribution in [-0.4, -0.2) is 29.6 Å². The van der Waals surface area contributed by atoms with Gasteiger partial charge < -0.3 is 14.8 Å². The van der Waals surface area contributed by atoms with Crippen molar-refractivity contribution < 1.29 is 19.1 Å². The number of nitrogens with zero attached hydrogens (tertiary/aromatic N) is 2. The molecular weight excluding hydrogens is 382 g/mol. The van der Waals surface area contributed by atoms with E-state index in [1.54, 1.807) is 42.5 Å². The summed E-state index contributed by atoms with van der Waals surface area (Å²) in [6.07, 6.45) is 1.72. The number of benzene rings is 1. The smallest absolute Gasteiger partial charge is 0.349 e. The molecule has 0 aliphatic rings. The van der Waals surface area contributed by atoms with E-state index in [1.165, 1.54) is 19.2 Å². The van der Waals surface area contributed by atoms with E-state index >= 15 is 0 Å². The highest BCUT2D eigenvalue weighted by Crippen LogP contribution is 2.18. The molecule has 0 saturated heterocycles. The maximum atomic E-state index is 12.2. The second-order valence-corrected chi connectivity index (χ2v) is 5.91. The van der Waals surface area contributed by atoms with E-state index in [0.29, 0.717) is 23.6 Å². The average molecular weight is 400 g/mol. The van der Waals surface area contributed by atoms with Gasteiger partial charge in [-0.05, 0) is 49.8 Å². The Morgan fingerprint density at radius 1 is 1.32 bits per heavy atom. The van der Waals surface area contributed by atoms with E-state index < -0.39 is 18.0 Å². The molecule has 0 saturated carbocycles. The number of hydrogen-bond donors (Lipinski definition) is 1. The number of hydrogen-bond acceptors (Lipinski definition) is 6. The summed E-state index contributed by atoms with van der Waals surface area (Å²) >= 11 is 5.88. The fraction of sp³-hybridized carbons (Fsp3) is 0.200. The van der Waals surface area contributed by atoms with Crippen LogP contribution in [0.5, 0.6) is 5.75 Å². The highest BCUT2D eigenvalue weighted by molar-refractivity contribution is 6.32. The van der Waals surface area contributed by atoms with Crippen molar-refractivity contribution in [2.45, 2.75) is 20.0 Å². The number of rotatable bonds is 7. The molecule has 0 aliphatic heterocycles. The Hall–Kier alpha value is -3.37. The van der Waals surface area contributed by atoms with Crippen LogP contribution in [0.2, 0.25) is 5.15 Å². The van der Waals surface area contributed by atoms with Crippen molar-refractivity contribution in [1.82, 2.24) is 4.98 Å². The Morgan fingerprint density at radius 3 is 2.64 bits per heavy atom. The zero-order chi connectivity index (χ0) is 20.5. The Balaban J connectivity index is 2.03. The van der Waals surface area contributed by atoms with Gasteiger partial charge in [-0.1, -0.05) is 23.7 Å². The maximum absolute atomic E-state index is 12.2. The average Bonchev–Trinajstić information content (AvgIpc) is 2.69. The van der Waals surface area contributed by atoms with Gasteiger partial charge in [-0.2, -0.15) is 5.26 Å². The lowest BCUT2D eigenvalue weighted by Gasteiger charge is -2.13. The highest BCUT2D eigenvalue weighted by atomic mass is 35.5. The molecule has 0 radical (unpaired) electrons. The number of halogens is 1. The molecule has 0 aliphatic carbocycles. The molecule has 1 amide bonds.